The van der Waals surface area contributed by atoms with Crippen molar-refractivity contribution in [2.45, 2.75) is 0 Å². The summed E-state index contributed by atoms with van der Waals surface area (Å²) in [6, 6.07) is 13.8. The number of hydrogen-bond acceptors (Lipinski definition) is 1. The van der Waals surface area contributed by atoms with E-state index in [1.54, 1.807) is 0 Å². The van der Waals surface area contributed by atoms with E-state index < -0.39 is 0 Å². The molecule has 0 N–H and O–H groups in total. The maximum Gasteiger partial charge on any atom is 0.138 e. The molecule has 0 aliphatic carbocycles. The van der Waals surface area contributed by atoms with E-state index in [1.807, 2.05) is 53.1 Å². The van der Waals surface area contributed by atoms with Gasteiger partial charge in [-0.2, -0.15) is 0 Å². The van der Waals surface area contributed by atoms with Gasteiger partial charge in [0.2, 0.25) is 0 Å². The number of benzene rings is 1. The van der Waals surface area contributed by atoms with Crippen LogP contribution in [0.15, 0.2) is 53.3 Å². The standard InChI is InChI=1S/C13H8BrClN2/c14-13-12(9-4-2-1-3-5-9)16-11-7-6-10(15)8-17(11)13/h1-8H. The number of fused-ring (bicyclic) bond motifs is 1. The number of hydrogen-bond donors (Lipinski definition) is 0. The van der Waals surface area contributed by atoms with Crippen LogP contribution in [0.5, 0.6) is 0 Å². The number of aromatic nitrogens is 2. The maximum atomic E-state index is 5.98. The SMILES string of the molecule is Clc1ccc2nc(-c3ccccc3)c(Br)n2c1. The molecule has 2 nitrogen and oxygen atoms in total. The highest BCUT2D eigenvalue weighted by molar-refractivity contribution is 9.10. The molecule has 3 aromatic rings. The Morgan fingerprint density at radius 1 is 1.06 bits per heavy atom. The van der Waals surface area contributed by atoms with Crippen molar-refractivity contribution in [3.05, 3.63) is 58.3 Å². The summed E-state index contributed by atoms with van der Waals surface area (Å²) < 4.78 is 2.85. The maximum absolute atomic E-state index is 5.98. The van der Waals surface area contributed by atoms with Crippen molar-refractivity contribution in [1.29, 1.82) is 0 Å². The molecule has 2 aromatic heterocycles. The molecule has 0 aliphatic rings. The monoisotopic (exact) mass is 306 g/mol. The lowest BCUT2D eigenvalue weighted by Gasteiger charge is -1.97. The van der Waals surface area contributed by atoms with Gasteiger partial charge in [0.15, 0.2) is 0 Å². The molecule has 0 spiro atoms. The quantitative estimate of drug-likeness (QED) is 0.650. The van der Waals surface area contributed by atoms with E-state index >= 15 is 0 Å². The molecule has 4 heteroatoms. The Bertz CT molecular complexity index is 676. The van der Waals surface area contributed by atoms with Crippen LogP contribution in [-0.4, -0.2) is 9.38 Å². The molecule has 0 radical (unpaired) electrons. The van der Waals surface area contributed by atoms with Gasteiger partial charge in [0.05, 0.1) is 5.02 Å². The summed E-state index contributed by atoms with van der Waals surface area (Å²) in [6.07, 6.45) is 1.85. The van der Waals surface area contributed by atoms with Gasteiger partial charge in [0.1, 0.15) is 15.9 Å². The molecule has 17 heavy (non-hydrogen) atoms. The van der Waals surface area contributed by atoms with E-state index in [0.717, 1.165) is 21.5 Å². The summed E-state index contributed by atoms with van der Waals surface area (Å²) in [5.74, 6) is 0. The van der Waals surface area contributed by atoms with E-state index in [4.69, 9.17) is 11.6 Å². The molecule has 84 valence electrons. The third kappa shape index (κ3) is 1.85. The number of halogens is 2. The van der Waals surface area contributed by atoms with Crippen molar-refractivity contribution in [1.82, 2.24) is 9.38 Å². The molecule has 0 fully saturated rings. The first kappa shape index (κ1) is 10.8. The molecule has 0 unspecified atom stereocenters. The van der Waals surface area contributed by atoms with E-state index in [2.05, 4.69) is 20.9 Å². The van der Waals surface area contributed by atoms with Crippen LogP contribution in [0.4, 0.5) is 0 Å². The highest BCUT2D eigenvalue weighted by atomic mass is 79.9. The zero-order valence-electron chi connectivity index (χ0n) is 8.77. The fraction of sp³-hybridized carbons (Fsp3) is 0. The second-order valence-electron chi connectivity index (χ2n) is 3.69. The molecule has 0 atom stereocenters. The van der Waals surface area contributed by atoms with Crippen LogP contribution in [-0.2, 0) is 0 Å². The molecule has 3 rings (SSSR count). The van der Waals surface area contributed by atoms with Gasteiger partial charge in [-0.25, -0.2) is 4.98 Å². The van der Waals surface area contributed by atoms with Gasteiger partial charge in [-0.15, -0.1) is 0 Å². The Labute approximate surface area is 112 Å². The lowest BCUT2D eigenvalue weighted by Crippen LogP contribution is -1.83. The van der Waals surface area contributed by atoms with Crippen molar-refractivity contribution in [3.63, 3.8) is 0 Å². The van der Waals surface area contributed by atoms with Crippen molar-refractivity contribution < 1.29 is 0 Å². The van der Waals surface area contributed by atoms with Crippen LogP contribution >= 0.6 is 27.5 Å². The Kier molecular flexibility index (Phi) is 2.65. The Hall–Kier alpha value is -1.32. The Morgan fingerprint density at radius 3 is 2.59 bits per heavy atom. The number of rotatable bonds is 1. The largest absolute Gasteiger partial charge is 0.292 e. The minimum Gasteiger partial charge on any atom is -0.292 e. The van der Waals surface area contributed by atoms with Crippen molar-refractivity contribution in [2.75, 3.05) is 0 Å². The van der Waals surface area contributed by atoms with Crippen LogP contribution in [0.1, 0.15) is 0 Å². The fourth-order valence-electron chi connectivity index (χ4n) is 1.77. The minimum atomic E-state index is 0.690. The summed E-state index contributed by atoms with van der Waals surface area (Å²) >= 11 is 9.54. The topological polar surface area (TPSA) is 17.3 Å². The summed E-state index contributed by atoms with van der Waals surface area (Å²) in [5.41, 5.74) is 2.88. The normalized spacial score (nSPS) is 10.9. The number of nitrogens with zero attached hydrogens (tertiary/aromatic N) is 2. The minimum absolute atomic E-state index is 0.690. The molecule has 2 heterocycles. The third-order valence-corrected chi connectivity index (χ3v) is 3.55. The first-order chi connectivity index (χ1) is 8.25. The average Bonchev–Trinajstić information content (AvgIpc) is 2.68. The predicted molar refractivity (Wildman–Crippen MR) is 73.3 cm³/mol. The second-order valence-corrected chi connectivity index (χ2v) is 4.88. The van der Waals surface area contributed by atoms with Gasteiger partial charge in [-0.05, 0) is 28.1 Å². The first-order valence-corrected chi connectivity index (χ1v) is 6.31. The molecule has 0 aliphatic heterocycles. The van der Waals surface area contributed by atoms with Crippen molar-refractivity contribution in [3.8, 4) is 11.3 Å². The second kappa shape index (κ2) is 4.17. The molecular weight excluding hydrogens is 300 g/mol. The molecule has 1 aromatic carbocycles. The lowest BCUT2D eigenvalue weighted by molar-refractivity contribution is 1.15. The molecule has 0 bridgehead atoms. The zero-order chi connectivity index (χ0) is 11.8. The van der Waals surface area contributed by atoms with Crippen LogP contribution in [0, 0.1) is 0 Å². The number of imidazole rings is 1. The van der Waals surface area contributed by atoms with E-state index in [0.29, 0.717) is 5.02 Å². The van der Waals surface area contributed by atoms with Crippen LogP contribution in [0.3, 0.4) is 0 Å². The first-order valence-electron chi connectivity index (χ1n) is 5.14. The molecular formula is C13H8BrClN2. The lowest BCUT2D eigenvalue weighted by atomic mass is 10.2. The predicted octanol–water partition coefficient (Wildman–Crippen LogP) is 4.42. The van der Waals surface area contributed by atoms with Gasteiger partial charge in [0, 0.05) is 11.8 Å². The smallest absolute Gasteiger partial charge is 0.138 e. The Morgan fingerprint density at radius 2 is 1.82 bits per heavy atom. The third-order valence-electron chi connectivity index (χ3n) is 2.57. The van der Waals surface area contributed by atoms with Gasteiger partial charge < -0.3 is 0 Å². The van der Waals surface area contributed by atoms with Crippen molar-refractivity contribution in [2.24, 2.45) is 0 Å². The zero-order valence-corrected chi connectivity index (χ0v) is 11.1. The van der Waals surface area contributed by atoms with Gasteiger partial charge in [-0.1, -0.05) is 41.9 Å². The summed E-state index contributed by atoms with van der Waals surface area (Å²) in [5, 5.41) is 0.690. The highest BCUT2D eigenvalue weighted by Gasteiger charge is 2.11. The summed E-state index contributed by atoms with van der Waals surface area (Å²) in [7, 11) is 0. The summed E-state index contributed by atoms with van der Waals surface area (Å²) in [4.78, 5) is 4.58. The van der Waals surface area contributed by atoms with E-state index in [-0.39, 0.29) is 0 Å². The van der Waals surface area contributed by atoms with Gasteiger partial charge in [0.25, 0.3) is 0 Å². The van der Waals surface area contributed by atoms with Gasteiger partial charge in [-0.3, -0.25) is 4.40 Å². The molecule has 0 amide bonds. The van der Waals surface area contributed by atoms with Crippen molar-refractivity contribution >= 4 is 33.2 Å². The van der Waals surface area contributed by atoms with E-state index in [1.165, 1.54) is 0 Å². The average molecular weight is 308 g/mol. The number of pyridine rings is 1. The van der Waals surface area contributed by atoms with Gasteiger partial charge >= 0.3 is 0 Å². The summed E-state index contributed by atoms with van der Waals surface area (Å²) in [6.45, 7) is 0. The van der Waals surface area contributed by atoms with Crippen LogP contribution in [0.25, 0.3) is 16.9 Å². The van der Waals surface area contributed by atoms with Crippen LogP contribution in [0.2, 0.25) is 5.02 Å². The van der Waals surface area contributed by atoms with E-state index in [9.17, 15) is 0 Å². The fourth-order valence-corrected chi connectivity index (χ4v) is 2.53. The van der Waals surface area contributed by atoms with Crippen LogP contribution < -0.4 is 0 Å². The highest BCUT2D eigenvalue weighted by Crippen LogP contribution is 2.29. The Balaban J connectivity index is 2.28. The molecule has 0 saturated carbocycles. The molecule has 0 saturated heterocycles.